The number of carboxylic acids is 3. The molecular formula is C6H14AlCaClO7. The van der Waals surface area contributed by atoms with Crippen LogP contribution >= 0.6 is 12.4 Å². The van der Waals surface area contributed by atoms with E-state index in [-0.39, 0.29) is 70.4 Å². The van der Waals surface area contributed by atoms with Gasteiger partial charge in [0, 0.05) is 0 Å². The van der Waals surface area contributed by atoms with Crippen LogP contribution < -0.4 is 0 Å². The third-order valence-electron chi connectivity index (χ3n) is 1.29. The van der Waals surface area contributed by atoms with E-state index in [1.807, 2.05) is 0 Å². The molecule has 0 unspecified atom stereocenters. The van der Waals surface area contributed by atoms with Crippen LogP contribution in [0.4, 0.5) is 0 Å². The van der Waals surface area contributed by atoms with Gasteiger partial charge in [0.1, 0.15) is 0 Å². The Bertz CT molecular complexity index is 252. The molecular weight excluding hydrogens is 287 g/mol. The fourth-order valence-corrected chi connectivity index (χ4v) is 0.714. The van der Waals surface area contributed by atoms with Crippen LogP contribution in [0.1, 0.15) is 15.7 Å². The van der Waals surface area contributed by atoms with Crippen LogP contribution in [0.25, 0.3) is 0 Å². The normalized spacial score (nSPS) is 8.81. The summed E-state index contributed by atoms with van der Waals surface area (Å²) in [5, 5.41) is 33.8. The second kappa shape index (κ2) is 10.6. The monoisotopic (exact) mass is 300 g/mol. The molecule has 0 bridgehead atoms. The number of hydrogen-bond acceptors (Lipinski definition) is 4. The Morgan fingerprint density at radius 3 is 1.38 bits per heavy atom. The Morgan fingerprint density at radius 1 is 1.00 bits per heavy atom. The van der Waals surface area contributed by atoms with Crippen molar-refractivity contribution in [2.24, 2.45) is 0 Å². The van der Waals surface area contributed by atoms with Crippen LogP contribution in [0.5, 0.6) is 0 Å². The van der Waals surface area contributed by atoms with Crippen molar-refractivity contribution in [3.05, 3.63) is 0 Å². The summed E-state index contributed by atoms with van der Waals surface area (Å²) in [5.74, 6) is -5.02. The maximum atomic E-state index is 10.3. The molecule has 0 rings (SSSR count). The van der Waals surface area contributed by atoms with Crippen molar-refractivity contribution in [2.75, 3.05) is 0 Å². The van der Waals surface area contributed by atoms with Crippen LogP contribution in [0.2, 0.25) is 0 Å². The number of aliphatic carboxylic acids is 3. The molecule has 0 saturated heterocycles. The van der Waals surface area contributed by atoms with Crippen molar-refractivity contribution < 1.29 is 37.7 Å². The van der Waals surface area contributed by atoms with Crippen molar-refractivity contribution in [3.8, 4) is 0 Å². The van der Waals surface area contributed by atoms with E-state index in [4.69, 9.17) is 20.4 Å². The Kier molecular flexibility index (Phi) is 16.8. The summed E-state index contributed by atoms with van der Waals surface area (Å²) >= 11 is 0. The van der Waals surface area contributed by atoms with E-state index in [1.54, 1.807) is 0 Å². The zero-order valence-electron chi connectivity index (χ0n) is 9.54. The molecule has 16 heavy (non-hydrogen) atoms. The first-order valence-electron chi connectivity index (χ1n) is 3.17. The molecule has 4 N–H and O–H groups in total. The number of carboxylic acid groups (broad SMARTS) is 3. The topological polar surface area (TPSA) is 132 Å². The van der Waals surface area contributed by atoms with E-state index < -0.39 is 36.4 Å². The molecule has 0 amide bonds. The van der Waals surface area contributed by atoms with Gasteiger partial charge in [-0.2, -0.15) is 0 Å². The van der Waals surface area contributed by atoms with E-state index in [1.165, 1.54) is 0 Å². The Morgan fingerprint density at radius 2 is 1.25 bits per heavy atom. The molecule has 0 aromatic carbocycles. The molecule has 0 aliphatic rings. The van der Waals surface area contributed by atoms with E-state index in [2.05, 4.69) is 0 Å². The standard InChI is InChI=1S/C6H8O7.Al.Ca.ClH.5H/c7-3(8)1-6(13,5(11)12)2-4(9)10;;;;;;;;/h13H,1-2H2,(H,7,8)(H,9,10)(H,11,12);;;1H;;;;;/q;;+2;;;;;2*-1. The fraction of sp³-hybridized carbons (Fsp3) is 0.500. The second-order valence-electron chi connectivity index (χ2n) is 2.48. The second-order valence-corrected chi connectivity index (χ2v) is 2.48. The molecule has 0 aromatic heterocycles. The first-order valence-corrected chi connectivity index (χ1v) is 3.17. The van der Waals surface area contributed by atoms with Crippen molar-refractivity contribution >= 4 is 85.4 Å². The van der Waals surface area contributed by atoms with Gasteiger partial charge in [-0.05, 0) is 0 Å². The minimum atomic E-state index is -2.74. The van der Waals surface area contributed by atoms with Crippen LogP contribution in [0, 0.1) is 0 Å². The van der Waals surface area contributed by atoms with Gasteiger partial charge in [0.25, 0.3) is 0 Å². The molecule has 0 aromatic rings. The van der Waals surface area contributed by atoms with Crippen LogP contribution in [0.15, 0.2) is 0 Å². The predicted molar refractivity (Wildman–Crippen MR) is 62.3 cm³/mol. The van der Waals surface area contributed by atoms with Gasteiger partial charge in [0.05, 0.1) is 12.8 Å². The quantitative estimate of drug-likeness (QED) is 0.425. The van der Waals surface area contributed by atoms with E-state index in [0.717, 1.165) is 0 Å². The molecule has 0 radical (unpaired) electrons. The molecule has 0 fully saturated rings. The molecule has 0 spiro atoms. The van der Waals surface area contributed by atoms with Crippen molar-refractivity contribution in [1.29, 1.82) is 0 Å². The van der Waals surface area contributed by atoms with Gasteiger partial charge in [-0.25, -0.2) is 4.79 Å². The number of rotatable bonds is 5. The zero-order chi connectivity index (χ0) is 10.6. The van der Waals surface area contributed by atoms with Gasteiger partial charge in [-0.1, -0.05) is 0 Å². The van der Waals surface area contributed by atoms with Gasteiger partial charge in [-0.3, -0.25) is 9.59 Å². The van der Waals surface area contributed by atoms with E-state index >= 15 is 0 Å². The maximum absolute atomic E-state index is 10.3. The summed E-state index contributed by atoms with van der Waals surface area (Å²) in [7, 11) is 0. The van der Waals surface area contributed by atoms with Crippen LogP contribution in [-0.2, 0) is 14.4 Å². The first-order chi connectivity index (χ1) is 5.78. The van der Waals surface area contributed by atoms with Gasteiger partial charge < -0.3 is 23.3 Å². The number of hydrogen-bond donors (Lipinski definition) is 4. The molecule has 92 valence electrons. The number of halogens is 1. The zero-order valence-corrected chi connectivity index (χ0v) is 10.6. The maximum Gasteiger partial charge on any atom is 2.00 e. The predicted octanol–water partition coefficient (Wildman–Crippen LogP) is -2.17. The minimum absolute atomic E-state index is 0. The average molecular weight is 301 g/mol. The summed E-state index contributed by atoms with van der Waals surface area (Å²) in [4.78, 5) is 30.5. The molecule has 0 saturated carbocycles. The summed E-state index contributed by atoms with van der Waals surface area (Å²) < 4.78 is 0. The van der Waals surface area contributed by atoms with E-state index in [9.17, 15) is 14.4 Å². The number of aliphatic hydroxyl groups is 1. The summed E-state index contributed by atoms with van der Waals surface area (Å²) in [6.07, 6.45) is -2.29. The van der Waals surface area contributed by atoms with Crippen LogP contribution in [0.3, 0.4) is 0 Å². The smallest absolute Gasteiger partial charge is 1.00 e. The number of carbonyl (C=O) groups is 3. The van der Waals surface area contributed by atoms with Crippen LogP contribution in [-0.4, -0.2) is 99.0 Å². The Labute approximate surface area is 140 Å². The minimum Gasteiger partial charge on any atom is -1.00 e. The molecule has 0 aliphatic carbocycles. The average Bonchev–Trinajstić information content (AvgIpc) is 1.82. The van der Waals surface area contributed by atoms with Gasteiger partial charge in [0.2, 0.25) is 0 Å². The van der Waals surface area contributed by atoms with E-state index in [0.29, 0.717) is 0 Å². The SMILES string of the molecule is Cl.O=C(O)CC(O)(CC(=O)O)C(=O)O.[AlH3].[Ca+2].[H-].[H-]. The van der Waals surface area contributed by atoms with Gasteiger partial charge >= 0.3 is 55.6 Å². The fourth-order valence-electron chi connectivity index (χ4n) is 0.714. The summed E-state index contributed by atoms with van der Waals surface area (Å²) in [6.45, 7) is 0. The molecule has 0 heterocycles. The van der Waals surface area contributed by atoms with Crippen molar-refractivity contribution in [2.45, 2.75) is 18.4 Å². The summed E-state index contributed by atoms with van der Waals surface area (Å²) in [5.41, 5.74) is -2.74. The van der Waals surface area contributed by atoms with Gasteiger partial charge in [0.15, 0.2) is 23.0 Å². The third-order valence-corrected chi connectivity index (χ3v) is 1.29. The Hall–Kier alpha value is 0.452. The van der Waals surface area contributed by atoms with Gasteiger partial charge in [-0.15, -0.1) is 12.4 Å². The largest absolute Gasteiger partial charge is 2.00 e. The third kappa shape index (κ3) is 9.66. The summed E-state index contributed by atoms with van der Waals surface area (Å²) in [6, 6.07) is 0. The molecule has 0 atom stereocenters. The molecule has 7 nitrogen and oxygen atoms in total. The van der Waals surface area contributed by atoms with Crippen molar-refractivity contribution in [1.82, 2.24) is 0 Å². The molecule has 10 heteroatoms. The first kappa shape index (κ1) is 25.3. The molecule has 0 aliphatic heterocycles. The van der Waals surface area contributed by atoms with Crippen molar-refractivity contribution in [3.63, 3.8) is 0 Å². The Balaban J connectivity index is -0.0000000720.